The molecule has 0 bridgehead atoms. The SMILES string of the molecule is CCOc1ccc(F)cc1C(C(C)CO)N1CCCC1. The van der Waals surface area contributed by atoms with Crippen LogP contribution in [0, 0.1) is 11.7 Å². The van der Waals surface area contributed by atoms with E-state index >= 15 is 0 Å². The van der Waals surface area contributed by atoms with Crippen LogP contribution >= 0.6 is 0 Å². The number of benzene rings is 1. The summed E-state index contributed by atoms with van der Waals surface area (Å²) < 4.78 is 19.3. The van der Waals surface area contributed by atoms with E-state index in [0.717, 1.165) is 37.2 Å². The monoisotopic (exact) mass is 281 g/mol. The molecule has 1 N–H and O–H groups in total. The zero-order valence-corrected chi connectivity index (χ0v) is 12.3. The molecular formula is C16H24FNO2. The predicted molar refractivity (Wildman–Crippen MR) is 77.4 cm³/mol. The highest BCUT2D eigenvalue weighted by Gasteiger charge is 2.30. The van der Waals surface area contributed by atoms with E-state index in [4.69, 9.17) is 4.74 Å². The lowest BCUT2D eigenvalue weighted by Crippen LogP contribution is -2.32. The maximum absolute atomic E-state index is 13.7. The van der Waals surface area contributed by atoms with Gasteiger partial charge in [-0.2, -0.15) is 0 Å². The highest BCUT2D eigenvalue weighted by molar-refractivity contribution is 5.37. The van der Waals surface area contributed by atoms with Crippen molar-refractivity contribution in [3.63, 3.8) is 0 Å². The van der Waals surface area contributed by atoms with Gasteiger partial charge in [0, 0.05) is 18.2 Å². The van der Waals surface area contributed by atoms with Crippen molar-refractivity contribution in [2.75, 3.05) is 26.3 Å². The Morgan fingerprint density at radius 2 is 2.05 bits per heavy atom. The van der Waals surface area contributed by atoms with Gasteiger partial charge in [0.25, 0.3) is 0 Å². The van der Waals surface area contributed by atoms with Crippen LogP contribution in [-0.2, 0) is 0 Å². The van der Waals surface area contributed by atoms with Gasteiger partial charge in [-0.3, -0.25) is 4.90 Å². The molecule has 4 heteroatoms. The summed E-state index contributed by atoms with van der Waals surface area (Å²) in [4.78, 5) is 2.33. The van der Waals surface area contributed by atoms with E-state index in [-0.39, 0.29) is 24.4 Å². The molecular weight excluding hydrogens is 257 g/mol. The first-order valence-electron chi connectivity index (χ1n) is 7.44. The molecule has 1 heterocycles. The maximum Gasteiger partial charge on any atom is 0.124 e. The zero-order chi connectivity index (χ0) is 14.5. The Hall–Kier alpha value is -1.13. The molecule has 1 aliphatic heterocycles. The van der Waals surface area contributed by atoms with Crippen molar-refractivity contribution in [3.05, 3.63) is 29.6 Å². The summed E-state index contributed by atoms with van der Waals surface area (Å²) >= 11 is 0. The van der Waals surface area contributed by atoms with E-state index in [2.05, 4.69) is 4.90 Å². The van der Waals surface area contributed by atoms with Crippen LogP contribution in [0.1, 0.15) is 38.3 Å². The van der Waals surface area contributed by atoms with E-state index in [9.17, 15) is 9.50 Å². The standard InChI is InChI=1S/C16H24FNO2/c1-3-20-15-7-6-13(17)10-14(15)16(12(2)11-19)18-8-4-5-9-18/h6-7,10,12,16,19H,3-5,8-9,11H2,1-2H3. The van der Waals surface area contributed by atoms with Crippen molar-refractivity contribution in [2.45, 2.75) is 32.7 Å². The van der Waals surface area contributed by atoms with Crippen LogP contribution < -0.4 is 4.74 Å². The summed E-state index contributed by atoms with van der Waals surface area (Å²) in [5, 5.41) is 9.56. The number of aliphatic hydroxyl groups excluding tert-OH is 1. The summed E-state index contributed by atoms with van der Waals surface area (Å²) in [6, 6.07) is 4.69. The van der Waals surface area contributed by atoms with Crippen LogP contribution in [0.15, 0.2) is 18.2 Å². The van der Waals surface area contributed by atoms with Crippen molar-refractivity contribution >= 4 is 0 Å². The van der Waals surface area contributed by atoms with E-state index in [0.29, 0.717) is 6.61 Å². The molecule has 0 aromatic heterocycles. The highest BCUT2D eigenvalue weighted by Crippen LogP contribution is 2.37. The number of likely N-dealkylation sites (tertiary alicyclic amines) is 1. The number of aliphatic hydroxyl groups is 1. The molecule has 2 rings (SSSR count). The molecule has 0 radical (unpaired) electrons. The summed E-state index contributed by atoms with van der Waals surface area (Å²) in [6.45, 7) is 6.56. The lowest BCUT2D eigenvalue weighted by atomic mass is 9.93. The molecule has 20 heavy (non-hydrogen) atoms. The second kappa shape index (κ2) is 7.04. The molecule has 1 aromatic carbocycles. The maximum atomic E-state index is 13.7. The topological polar surface area (TPSA) is 32.7 Å². The van der Waals surface area contributed by atoms with E-state index in [1.807, 2.05) is 13.8 Å². The average molecular weight is 281 g/mol. The van der Waals surface area contributed by atoms with Crippen LogP contribution in [0.2, 0.25) is 0 Å². The number of ether oxygens (including phenoxy) is 1. The molecule has 2 atom stereocenters. The minimum atomic E-state index is -0.252. The Kier molecular flexibility index (Phi) is 5.38. The van der Waals surface area contributed by atoms with Gasteiger partial charge in [0.2, 0.25) is 0 Å². The number of halogens is 1. The number of rotatable bonds is 6. The summed E-state index contributed by atoms with van der Waals surface area (Å²) in [5.41, 5.74) is 0.857. The second-order valence-corrected chi connectivity index (χ2v) is 5.46. The third-order valence-electron chi connectivity index (χ3n) is 3.95. The molecule has 0 amide bonds. The van der Waals surface area contributed by atoms with Gasteiger partial charge >= 0.3 is 0 Å². The van der Waals surface area contributed by atoms with Crippen molar-refractivity contribution in [3.8, 4) is 5.75 Å². The fourth-order valence-corrected chi connectivity index (χ4v) is 3.02. The molecule has 0 saturated carbocycles. The summed E-state index contributed by atoms with van der Waals surface area (Å²) in [7, 11) is 0. The van der Waals surface area contributed by atoms with Crippen LogP contribution in [0.5, 0.6) is 5.75 Å². The van der Waals surface area contributed by atoms with Gasteiger partial charge in [-0.05, 0) is 57.0 Å². The van der Waals surface area contributed by atoms with Crippen LogP contribution in [0.4, 0.5) is 4.39 Å². The lowest BCUT2D eigenvalue weighted by Gasteiger charge is -2.33. The summed E-state index contributed by atoms with van der Waals surface area (Å²) in [5.74, 6) is 0.526. The molecule has 0 spiro atoms. The Balaban J connectivity index is 2.38. The van der Waals surface area contributed by atoms with Crippen molar-refractivity contribution in [1.82, 2.24) is 4.90 Å². The van der Waals surface area contributed by atoms with Gasteiger partial charge < -0.3 is 9.84 Å². The number of nitrogens with zero attached hydrogens (tertiary/aromatic N) is 1. The molecule has 1 aromatic rings. The van der Waals surface area contributed by atoms with Gasteiger partial charge in [0.05, 0.1) is 6.61 Å². The molecule has 0 aliphatic carbocycles. The Morgan fingerprint density at radius 1 is 1.35 bits per heavy atom. The Bertz CT molecular complexity index is 432. The molecule has 1 aliphatic rings. The first-order valence-corrected chi connectivity index (χ1v) is 7.44. The largest absolute Gasteiger partial charge is 0.494 e. The molecule has 1 saturated heterocycles. The fraction of sp³-hybridized carbons (Fsp3) is 0.625. The summed E-state index contributed by atoms with van der Waals surface area (Å²) in [6.07, 6.45) is 2.32. The number of hydrogen-bond donors (Lipinski definition) is 1. The molecule has 1 fully saturated rings. The molecule has 3 nitrogen and oxygen atoms in total. The minimum absolute atomic E-state index is 0.0137. The van der Waals surface area contributed by atoms with E-state index < -0.39 is 0 Å². The third kappa shape index (κ3) is 3.30. The second-order valence-electron chi connectivity index (χ2n) is 5.46. The Labute approximate surface area is 120 Å². The first kappa shape index (κ1) is 15.3. The minimum Gasteiger partial charge on any atom is -0.494 e. The van der Waals surface area contributed by atoms with Gasteiger partial charge in [0.15, 0.2) is 0 Å². The smallest absolute Gasteiger partial charge is 0.124 e. The lowest BCUT2D eigenvalue weighted by molar-refractivity contribution is 0.123. The molecule has 2 unspecified atom stereocenters. The zero-order valence-electron chi connectivity index (χ0n) is 12.3. The highest BCUT2D eigenvalue weighted by atomic mass is 19.1. The predicted octanol–water partition coefficient (Wildman–Crippen LogP) is 2.99. The van der Waals surface area contributed by atoms with Gasteiger partial charge in [-0.25, -0.2) is 4.39 Å². The molecule has 112 valence electrons. The van der Waals surface area contributed by atoms with Gasteiger partial charge in [-0.1, -0.05) is 6.92 Å². The van der Waals surface area contributed by atoms with Crippen molar-refractivity contribution in [1.29, 1.82) is 0 Å². The Morgan fingerprint density at radius 3 is 2.65 bits per heavy atom. The normalized spacial score (nSPS) is 19.0. The quantitative estimate of drug-likeness (QED) is 0.870. The fourth-order valence-electron chi connectivity index (χ4n) is 3.02. The van der Waals surface area contributed by atoms with Crippen LogP contribution in [-0.4, -0.2) is 36.3 Å². The van der Waals surface area contributed by atoms with E-state index in [1.54, 1.807) is 12.1 Å². The van der Waals surface area contributed by atoms with Gasteiger partial charge in [0.1, 0.15) is 11.6 Å². The first-order chi connectivity index (χ1) is 9.67. The van der Waals surface area contributed by atoms with Gasteiger partial charge in [-0.15, -0.1) is 0 Å². The van der Waals surface area contributed by atoms with Crippen molar-refractivity contribution < 1.29 is 14.2 Å². The van der Waals surface area contributed by atoms with Crippen LogP contribution in [0.25, 0.3) is 0 Å². The van der Waals surface area contributed by atoms with Crippen LogP contribution in [0.3, 0.4) is 0 Å². The third-order valence-corrected chi connectivity index (χ3v) is 3.95. The van der Waals surface area contributed by atoms with E-state index in [1.165, 1.54) is 6.07 Å². The average Bonchev–Trinajstić information content (AvgIpc) is 2.96. The van der Waals surface area contributed by atoms with Crippen molar-refractivity contribution in [2.24, 2.45) is 5.92 Å². The number of hydrogen-bond acceptors (Lipinski definition) is 3.